The highest BCUT2D eigenvalue weighted by Crippen LogP contribution is 2.70. The van der Waals surface area contributed by atoms with E-state index >= 15 is 0 Å². The summed E-state index contributed by atoms with van der Waals surface area (Å²) in [5.41, 5.74) is 17.3. The van der Waals surface area contributed by atoms with Gasteiger partial charge in [0, 0.05) is 30.1 Å². The zero-order valence-corrected chi connectivity index (χ0v) is 33.3. The molecule has 3 aromatic rings. The highest BCUT2D eigenvalue weighted by atomic mass is 31.2. The molecule has 2 nitrogen and oxygen atoms in total. The maximum Gasteiger partial charge on any atom is 0.113 e. The van der Waals surface area contributed by atoms with Crippen LogP contribution in [0.25, 0.3) is 0 Å². The molecular formula is C47H65N2P. The van der Waals surface area contributed by atoms with Gasteiger partial charge in [-0.25, -0.2) is 0 Å². The molecule has 1 saturated heterocycles. The Labute approximate surface area is 305 Å². The van der Waals surface area contributed by atoms with Crippen molar-refractivity contribution in [1.29, 1.82) is 0 Å². The number of anilines is 2. The van der Waals surface area contributed by atoms with E-state index < -0.39 is 6.89 Å². The molecule has 3 saturated carbocycles. The molecule has 3 aromatic carbocycles. The lowest BCUT2D eigenvalue weighted by atomic mass is 9.92. The molecule has 0 spiro atoms. The van der Waals surface area contributed by atoms with Crippen LogP contribution >= 0.6 is 6.89 Å². The van der Waals surface area contributed by atoms with E-state index in [1.807, 2.05) is 5.57 Å². The molecular weight excluding hydrogens is 624 g/mol. The maximum absolute atomic E-state index is 3.10. The number of allylic oxidation sites excluding steroid dienone is 1. The van der Waals surface area contributed by atoms with Crippen LogP contribution in [0.1, 0.15) is 129 Å². The second kappa shape index (κ2) is 15.5. The lowest BCUT2D eigenvalue weighted by Crippen LogP contribution is -2.37. The average molecular weight is 689 g/mol. The van der Waals surface area contributed by atoms with Gasteiger partial charge in [0.15, 0.2) is 0 Å². The fourth-order valence-corrected chi connectivity index (χ4v) is 18.4. The molecule has 1 unspecified atom stereocenters. The smallest absolute Gasteiger partial charge is 0.113 e. The summed E-state index contributed by atoms with van der Waals surface area (Å²) in [6.07, 6.45) is 21.1. The standard InChI is InChI=1S/C47H65N2P/c1-34-30-36(3)45(37(4)31-34)48-27-28-49(46-38(5)32-35(2)33-39(46)6)47(48)43-24-16-17-25-44(43)50(41-20-12-8-13-21-41,42-22-14-9-15-23-42)29-26-40-18-10-7-11-19-40/h7,10-11,18-19,29-33,41-42,44H,8-9,12-17,20-28H2,1-6H3. The second-order valence-electron chi connectivity index (χ2n) is 16.8. The quantitative estimate of drug-likeness (QED) is 0.228. The SMILES string of the molecule is Cc1cc(C)c(N2CCN(c3c(C)cc(C)cc3C)C2=C2CCCCC2P(=CCc2ccccc2)(C2CCCCC2)C2CCCCC2)c(C)c1. The Balaban J connectivity index is 1.50. The van der Waals surface area contributed by atoms with Crippen LogP contribution in [-0.2, 0) is 6.42 Å². The van der Waals surface area contributed by atoms with Gasteiger partial charge >= 0.3 is 0 Å². The van der Waals surface area contributed by atoms with Gasteiger partial charge < -0.3 is 9.80 Å². The zero-order valence-electron chi connectivity index (χ0n) is 32.4. The lowest BCUT2D eigenvalue weighted by Gasteiger charge is -2.52. The Morgan fingerprint density at radius 1 is 0.580 bits per heavy atom. The molecule has 1 aliphatic heterocycles. The Bertz CT molecular complexity index is 1600. The van der Waals surface area contributed by atoms with E-state index in [1.165, 1.54) is 140 Å². The fraction of sp³-hybridized carbons (Fsp3) is 0.553. The normalized spacial score (nSPS) is 21.3. The van der Waals surface area contributed by atoms with E-state index in [0.29, 0.717) is 5.66 Å². The molecule has 1 atom stereocenters. The molecule has 0 N–H and O–H groups in total. The van der Waals surface area contributed by atoms with E-state index in [9.17, 15) is 0 Å². The van der Waals surface area contributed by atoms with Crippen molar-refractivity contribution in [2.45, 2.75) is 155 Å². The van der Waals surface area contributed by atoms with E-state index in [0.717, 1.165) is 30.8 Å². The first-order valence-electron chi connectivity index (χ1n) is 20.5. The van der Waals surface area contributed by atoms with Gasteiger partial charge in [0.1, 0.15) is 5.82 Å². The van der Waals surface area contributed by atoms with Crippen molar-refractivity contribution < 1.29 is 0 Å². The van der Waals surface area contributed by atoms with Gasteiger partial charge in [-0.2, -0.15) is 0 Å². The number of hydrogen-bond donors (Lipinski definition) is 0. The summed E-state index contributed by atoms with van der Waals surface area (Å²) in [4.78, 5) is 5.67. The highest BCUT2D eigenvalue weighted by Gasteiger charge is 2.46. The van der Waals surface area contributed by atoms with Crippen molar-refractivity contribution in [2.24, 2.45) is 0 Å². The summed E-state index contributed by atoms with van der Waals surface area (Å²) < 4.78 is 0. The Hall–Kier alpha value is -2.70. The second-order valence-corrected chi connectivity index (χ2v) is 21.0. The van der Waals surface area contributed by atoms with E-state index in [4.69, 9.17) is 0 Å². The van der Waals surface area contributed by atoms with Crippen molar-refractivity contribution in [3.8, 4) is 0 Å². The van der Waals surface area contributed by atoms with Gasteiger partial charge in [-0.05, 0) is 138 Å². The Kier molecular flexibility index (Phi) is 11.1. The molecule has 3 heteroatoms. The van der Waals surface area contributed by atoms with Crippen LogP contribution in [0.3, 0.4) is 0 Å². The summed E-state index contributed by atoms with van der Waals surface area (Å²) in [6, 6.07) is 21.3. The fourth-order valence-electron chi connectivity index (χ4n) is 11.5. The predicted octanol–water partition coefficient (Wildman–Crippen LogP) is 12.7. The molecule has 4 aliphatic rings. The first kappa shape index (κ1) is 35.7. The van der Waals surface area contributed by atoms with Crippen LogP contribution in [0.2, 0.25) is 0 Å². The van der Waals surface area contributed by atoms with Gasteiger partial charge in [0.05, 0.1) is 0 Å². The highest BCUT2D eigenvalue weighted by molar-refractivity contribution is 7.77. The van der Waals surface area contributed by atoms with Crippen molar-refractivity contribution in [3.05, 3.63) is 105 Å². The van der Waals surface area contributed by atoms with Crippen LogP contribution in [-0.4, -0.2) is 35.9 Å². The van der Waals surface area contributed by atoms with E-state index in [2.05, 4.69) is 112 Å². The third kappa shape index (κ3) is 6.93. The van der Waals surface area contributed by atoms with Gasteiger partial charge in [0.25, 0.3) is 0 Å². The molecule has 0 radical (unpaired) electrons. The minimum absolute atomic E-state index is 0.710. The molecule has 50 heavy (non-hydrogen) atoms. The minimum Gasteiger partial charge on any atom is -0.325 e. The van der Waals surface area contributed by atoms with Gasteiger partial charge in [-0.1, -0.05) is 123 Å². The summed E-state index contributed by atoms with van der Waals surface area (Å²) in [5, 5.41) is 0. The lowest BCUT2D eigenvalue weighted by molar-refractivity contribution is 0.474. The van der Waals surface area contributed by atoms with Crippen LogP contribution in [0, 0.1) is 41.5 Å². The monoisotopic (exact) mass is 688 g/mol. The maximum atomic E-state index is 3.10. The third-order valence-corrected chi connectivity index (χ3v) is 19.2. The number of rotatable bonds is 7. The minimum atomic E-state index is -1.53. The summed E-state index contributed by atoms with van der Waals surface area (Å²) >= 11 is 0. The molecule has 4 fully saturated rings. The van der Waals surface area contributed by atoms with Crippen LogP contribution in [0.4, 0.5) is 11.4 Å². The number of hydrogen-bond acceptors (Lipinski definition) is 2. The zero-order chi connectivity index (χ0) is 34.8. The van der Waals surface area contributed by atoms with Gasteiger partial charge in [-0.3, -0.25) is 0 Å². The van der Waals surface area contributed by atoms with Crippen molar-refractivity contribution in [1.82, 2.24) is 0 Å². The molecule has 3 aliphatic carbocycles. The van der Waals surface area contributed by atoms with Gasteiger partial charge in [0.2, 0.25) is 0 Å². The van der Waals surface area contributed by atoms with E-state index in [1.54, 1.807) is 5.82 Å². The van der Waals surface area contributed by atoms with Gasteiger partial charge in [-0.15, -0.1) is 0 Å². The van der Waals surface area contributed by atoms with E-state index in [-0.39, 0.29) is 0 Å². The largest absolute Gasteiger partial charge is 0.325 e. The topological polar surface area (TPSA) is 6.48 Å². The Morgan fingerprint density at radius 2 is 1.04 bits per heavy atom. The summed E-state index contributed by atoms with van der Waals surface area (Å²) in [7, 11) is 0. The molecule has 268 valence electrons. The summed E-state index contributed by atoms with van der Waals surface area (Å²) in [6.45, 7) is 14.6. The average Bonchev–Trinajstić information content (AvgIpc) is 3.53. The number of benzene rings is 3. The van der Waals surface area contributed by atoms with Crippen LogP contribution in [0.15, 0.2) is 66.0 Å². The van der Waals surface area contributed by atoms with Crippen LogP contribution < -0.4 is 9.80 Å². The third-order valence-electron chi connectivity index (χ3n) is 13.2. The molecule has 1 heterocycles. The first-order valence-corrected chi connectivity index (χ1v) is 22.5. The predicted molar refractivity (Wildman–Crippen MR) is 222 cm³/mol. The number of aryl methyl sites for hydroxylation is 6. The molecule has 0 bridgehead atoms. The van der Waals surface area contributed by atoms with Crippen LogP contribution in [0.5, 0.6) is 0 Å². The van der Waals surface area contributed by atoms with Crippen molar-refractivity contribution in [2.75, 3.05) is 22.9 Å². The number of nitrogens with zero attached hydrogens (tertiary/aromatic N) is 2. The van der Waals surface area contributed by atoms with Crippen molar-refractivity contribution in [3.63, 3.8) is 0 Å². The summed E-state index contributed by atoms with van der Waals surface area (Å²) in [5.74, 6) is 4.68. The Morgan fingerprint density at radius 3 is 1.52 bits per heavy atom. The first-order chi connectivity index (χ1) is 24.3. The molecule has 0 aromatic heterocycles. The molecule has 0 amide bonds. The van der Waals surface area contributed by atoms with Crippen molar-refractivity contribution >= 4 is 24.1 Å². The molecule has 7 rings (SSSR count).